The largest absolute Gasteiger partial charge is 0.340 e. The maximum absolute atomic E-state index is 13.1. The Morgan fingerprint density at radius 2 is 1.55 bits per heavy atom. The monoisotopic (exact) mass is 446 g/mol. The van der Waals surface area contributed by atoms with Crippen molar-refractivity contribution in [1.82, 2.24) is 14.7 Å². The molecule has 3 amide bonds. The smallest absolute Gasteiger partial charge is 0.321 e. The van der Waals surface area contributed by atoms with Crippen LogP contribution in [0.5, 0.6) is 0 Å². The highest BCUT2D eigenvalue weighted by Crippen LogP contribution is 2.52. The molecule has 0 saturated carbocycles. The van der Waals surface area contributed by atoms with Crippen molar-refractivity contribution in [2.45, 2.75) is 37.0 Å². The summed E-state index contributed by atoms with van der Waals surface area (Å²) >= 11 is 0. The Labute approximate surface area is 196 Å². The summed E-state index contributed by atoms with van der Waals surface area (Å²) in [6, 6.07) is 18.3. The molecule has 1 atom stereocenters. The number of hydrogen-bond acceptors (Lipinski definition) is 3. The Bertz CT molecular complexity index is 992. The molecule has 0 radical (unpaired) electrons. The number of rotatable bonds is 3. The Balaban J connectivity index is 1.25. The van der Waals surface area contributed by atoms with E-state index in [9.17, 15) is 9.59 Å². The topological polar surface area (TPSA) is 55.9 Å². The van der Waals surface area contributed by atoms with Gasteiger partial charge in [0.2, 0.25) is 5.91 Å². The van der Waals surface area contributed by atoms with Crippen molar-refractivity contribution in [1.29, 1.82) is 0 Å². The molecule has 0 bridgehead atoms. The van der Waals surface area contributed by atoms with Crippen LogP contribution in [0.1, 0.15) is 42.7 Å². The number of piperazine rings is 1. The Morgan fingerprint density at radius 3 is 2.27 bits per heavy atom. The van der Waals surface area contributed by atoms with Gasteiger partial charge in [-0.1, -0.05) is 42.5 Å². The summed E-state index contributed by atoms with van der Waals surface area (Å²) in [5.74, 6) is 0.567. The van der Waals surface area contributed by atoms with E-state index in [0.717, 1.165) is 64.2 Å². The van der Waals surface area contributed by atoms with E-state index in [2.05, 4.69) is 41.5 Å². The van der Waals surface area contributed by atoms with Crippen molar-refractivity contribution in [2.24, 2.45) is 0 Å². The molecule has 0 unspecified atom stereocenters. The van der Waals surface area contributed by atoms with Crippen LogP contribution in [0.3, 0.4) is 0 Å². The van der Waals surface area contributed by atoms with E-state index < -0.39 is 0 Å². The number of benzene rings is 2. The van der Waals surface area contributed by atoms with Crippen molar-refractivity contribution >= 4 is 17.6 Å². The first-order valence-corrected chi connectivity index (χ1v) is 12.2. The van der Waals surface area contributed by atoms with Crippen molar-refractivity contribution in [3.8, 4) is 0 Å². The number of anilines is 1. The van der Waals surface area contributed by atoms with Crippen LogP contribution < -0.4 is 5.32 Å². The number of nitrogens with one attached hydrogen (secondary N) is 1. The molecule has 33 heavy (non-hydrogen) atoms. The average Bonchev–Trinajstić information content (AvgIpc) is 3.13. The number of amides is 3. The second-order valence-corrected chi connectivity index (χ2v) is 9.94. The van der Waals surface area contributed by atoms with Crippen molar-refractivity contribution in [2.75, 3.05) is 51.6 Å². The Hall–Kier alpha value is -2.86. The third kappa shape index (κ3) is 4.49. The first-order chi connectivity index (χ1) is 16.0. The third-order valence-corrected chi connectivity index (χ3v) is 7.92. The van der Waals surface area contributed by atoms with Crippen LogP contribution in [0.25, 0.3) is 0 Å². The fourth-order valence-corrected chi connectivity index (χ4v) is 5.94. The zero-order valence-corrected chi connectivity index (χ0v) is 19.5. The van der Waals surface area contributed by atoms with Gasteiger partial charge in [-0.3, -0.25) is 4.79 Å². The van der Waals surface area contributed by atoms with Crippen molar-refractivity contribution in [3.63, 3.8) is 0 Å². The van der Waals surface area contributed by atoms with Crippen LogP contribution >= 0.6 is 0 Å². The summed E-state index contributed by atoms with van der Waals surface area (Å²) in [6.07, 6.45) is 3.51. The number of piperidine rings is 1. The van der Waals surface area contributed by atoms with Crippen molar-refractivity contribution in [3.05, 3.63) is 65.7 Å². The van der Waals surface area contributed by atoms with Gasteiger partial charge in [0.1, 0.15) is 0 Å². The summed E-state index contributed by atoms with van der Waals surface area (Å²) in [5, 5.41) is 3.02. The second-order valence-electron chi connectivity index (χ2n) is 9.94. The average molecular weight is 447 g/mol. The number of urea groups is 1. The van der Waals surface area contributed by atoms with E-state index in [4.69, 9.17) is 0 Å². The highest BCUT2D eigenvalue weighted by Gasteiger charge is 2.46. The van der Waals surface area contributed by atoms with Gasteiger partial charge in [-0.25, -0.2) is 4.79 Å². The lowest BCUT2D eigenvalue weighted by atomic mass is 9.73. The lowest BCUT2D eigenvalue weighted by Gasteiger charge is -2.40. The molecule has 2 heterocycles. The van der Waals surface area contributed by atoms with Gasteiger partial charge in [-0.2, -0.15) is 0 Å². The molecule has 6 nitrogen and oxygen atoms in total. The number of carbonyl (C=O) groups excluding carboxylic acids is 2. The van der Waals surface area contributed by atoms with Gasteiger partial charge in [-0.05, 0) is 60.9 Å². The van der Waals surface area contributed by atoms with Gasteiger partial charge < -0.3 is 20.0 Å². The highest BCUT2D eigenvalue weighted by molar-refractivity contribution is 5.89. The molecule has 1 spiro atoms. The van der Waals surface area contributed by atoms with E-state index in [1.807, 2.05) is 40.1 Å². The minimum Gasteiger partial charge on any atom is -0.340 e. The quantitative estimate of drug-likeness (QED) is 0.778. The summed E-state index contributed by atoms with van der Waals surface area (Å²) in [5.41, 5.74) is 3.66. The van der Waals surface area contributed by atoms with Gasteiger partial charge in [0.25, 0.3) is 0 Å². The maximum Gasteiger partial charge on any atom is 0.321 e. The fourth-order valence-electron chi connectivity index (χ4n) is 5.94. The van der Waals surface area contributed by atoms with E-state index >= 15 is 0 Å². The molecule has 174 valence electrons. The number of fused-ring (bicyclic) bond motifs is 2. The number of carbonyl (C=O) groups is 2. The molecule has 1 aliphatic carbocycles. The minimum absolute atomic E-state index is 0.0240. The molecule has 3 aliphatic rings. The molecule has 2 aromatic rings. The Morgan fingerprint density at radius 1 is 0.879 bits per heavy atom. The number of likely N-dealkylation sites (tertiary alicyclic amines) is 1. The van der Waals surface area contributed by atoms with Crippen LogP contribution in [0.15, 0.2) is 54.6 Å². The van der Waals surface area contributed by atoms with Crippen molar-refractivity contribution < 1.29 is 9.59 Å². The van der Waals surface area contributed by atoms with Crippen LogP contribution in [0.4, 0.5) is 10.5 Å². The highest BCUT2D eigenvalue weighted by atomic mass is 16.2. The molecule has 2 aliphatic heterocycles. The van der Waals surface area contributed by atoms with Gasteiger partial charge in [0.15, 0.2) is 0 Å². The lowest BCUT2D eigenvalue weighted by Crippen LogP contribution is -2.47. The normalized spacial score (nSPS) is 22.3. The van der Waals surface area contributed by atoms with Crippen LogP contribution in [0.2, 0.25) is 0 Å². The van der Waals surface area contributed by atoms with E-state index in [1.54, 1.807) is 0 Å². The standard InChI is InChI=1S/C27H34N4O2/c1-29-15-17-30(18-16-29)25(32)19-21-20-27(24-10-6-5-9-23(21)24)11-13-31(14-12-27)26(33)28-22-7-3-2-4-8-22/h2-10,21H,11-20H2,1H3,(H,28,33)/t21-/m1/s1. The number of hydrogen-bond donors (Lipinski definition) is 1. The molecule has 2 saturated heterocycles. The zero-order valence-electron chi connectivity index (χ0n) is 19.5. The molecular formula is C27H34N4O2. The molecule has 6 heteroatoms. The predicted molar refractivity (Wildman–Crippen MR) is 130 cm³/mol. The minimum atomic E-state index is -0.0240. The molecule has 0 aromatic heterocycles. The molecule has 2 fully saturated rings. The van der Waals surface area contributed by atoms with E-state index in [1.165, 1.54) is 11.1 Å². The SMILES string of the molecule is CN1CCN(C(=O)C[C@@H]2CC3(CCN(C(=O)Nc4ccccc4)CC3)c3ccccc32)CC1. The number of likely N-dealkylation sites (N-methyl/N-ethyl adjacent to an activating group) is 1. The van der Waals surface area contributed by atoms with Crippen LogP contribution in [0, 0.1) is 0 Å². The fraction of sp³-hybridized carbons (Fsp3) is 0.481. The van der Waals surface area contributed by atoms with Gasteiger partial charge in [-0.15, -0.1) is 0 Å². The summed E-state index contributed by atoms with van der Waals surface area (Å²) in [6.45, 7) is 5.06. The van der Waals surface area contributed by atoms with Gasteiger partial charge in [0, 0.05) is 51.4 Å². The molecule has 1 N–H and O–H groups in total. The Kier molecular flexibility index (Phi) is 6.11. The molecule has 2 aromatic carbocycles. The summed E-state index contributed by atoms with van der Waals surface area (Å²) in [7, 11) is 2.12. The zero-order chi connectivity index (χ0) is 22.8. The first-order valence-electron chi connectivity index (χ1n) is 12.2. The lowest BCUT2D eigenvalue weighted by molar-refractivity contribution is -0.133. The predicted octanol–water partition coefficient (Wildman–Crippen LogP) is 3.90. The number of para-hydroxylation sites is 1. The van der Waals surface area contributed by atoms with Gasteiger partial charge in [0.05, 0.1) is 0 Å². The maximum atomic E-state index is 13.1. The van der Waals surface area contributed by atoms with E-state index in [-0.39, 0.29) is 17.4 Å². The summed E-state index contributed by atoms with van der Waals surface area (Å²) in [4.78, 5) is 32.2. The van der Waals surface area contributed by atoms with Gasteiger partial charge >= 0.3 is 6.03 Å². The van der Waals surface area contributed by atoms with Crippen LogP contribution in [-0.4, -0.2) is 73.0 Å². The molecular weight excluding hydrogens is 412 g/mol. The van der Waals surface area contributed by atoms with Crippen LogP contribution in [-0.2, 0) is 10.2 Å². The second kappa shape index (κ2) is 9.18. The van der Waals surface area contributed by atoms with E-state index in [0.29, 0.717) is 12.3 Å². The molecule has 5 rings (SSSR count). The summed E-state index contributed by atoms with van der Waals surface area (Å²) < 4.78 is 0. The third-order valence-electron chi connectivity index (χ3n) is 7.92. The first kappa shape index (κ1) is 22.0. The number of nitrogens with zero attached hydrogens (tertiary/aromatic N) is 3.